The van der Waals surface area contributed by atoms with Crippen LogP contribution in [-0.2, 0) is 16.0 Å². The lowest BCUT2D eigenvalue weighted by Crippen LogP contribution is -2.06. The summed E-state index contributed by atoms with van der Waals surface area (Å²) in [7, 11) is 0. The average Bonchev–Trinajstić information content (AvgIpc) is 2.17. The molecule has 0 amide bonds. The molecule has 1 rings (SSSR count). The van der Waals surface area contributed by atoms with E-state index in [4.69, 9.17) is 10.5 Å². The van der Waals surface area contributed by atoms with E-state index < -0.39 is 0 Å². The van der Waals surface area contributed by atoms with Gasteiger partial charge >= 0.3 is 5.97 Å². The number of benzene rings is 1. The number of aryl methyl sites for hydroxylation is 1. The third-order valence-corrected chi connectivity index (χ3v) is 1.96. The summed E-state index contributed by atoms with van der Waals surface area (Å²) in [6.07, 6.45) is 1.04. The Kier molecular flexibility index (Phi) is 3.98. The van der Waals surface area contributed by atoms with Crippen molar-refractivity contribution < 1.29 is 9.53 Å². The first-order valence-corrected chi connectivity index (χ1v) is 4.73. The topological polar surface area (TPSA) is 52.3 Å². The van der Waals surface area contributed by atoms with E-state index in [-0.39, 0.29) is 5.97 Å². The fraction of sp³-hybridized carbons (Fsp3) is 0.364. The molecular weight excluding hydrogens is 178 g/mol. The number of nitrogens with two attached hydrogens (primary N) is 1. The molecule has 1 aromatic rings. The zero-order valence-electron chi connectivity index (χ0n) is 8.32. The Labute approximate surface area is 83.9 Å². The molecule has 0 aliphatic heterocycles. The summed E-state index contributed by atoms with van der Waals surface area (Å²) in [5, 5.41) is 0. The third-order valence-electron chi connectivity index (χ3n) is 1.96. The second-order valence-corrected chi connectivity index (χ2v) is 3.00. The van der Waals surface area contributed by atoms with E-state index >= 15 is 0 Å². The predicted octanol–water partition coefficient (Wildman–Crippen LogP) is 1.76. The van der Waals surface area contributed by atoms with E-state index in [2.05, 4.69) is 0 Å². The Hall–Kier alpha value is -1.51. The Balaban J connectivity index is 2.46. The maximum Gasteiger partial charge on any atom is 0.306 e. The molecule has 0 saturated carbocycles. The van der Waals surface area contributed by atoms with Gasteiger partial charge in [-0.2, -0.15) is 0 Å². The van der Waals surface area contributed by atoms with Crippen molar-refractivity contribution in [3.8, 4) is 0 Å². The molecule has 0 bridgehead atoms. The molecule has 14 heavy (non-hydrogen) atoms. The SMILES string of the molecule is CCOC(=O)CCc1ccccc1N. The smallest absolute Gasteiger partial charge is 0.306 e. The van der Waals surface area contributed by atoms with Gasteiger partial charge in [0.2, 0.25) is 0 Å². The minimum absolute atomic E-state index is 0.171. The number of ether oxygens (including phenoxy) is 1. The summed E-state index contributed by atoms with van der Waals surface area (Å²) < 4.78 is 4.82. The van der Waals surface area contributed by atoms with Gasteiger partial charge in [-0.3, -0.25) is 4.79 Å². The number of hydrogen-bond donors (Lipinski definition) is 1. The van der Waals surface area contributed by atoms with Crippen LogP contribution in [0.25, 0.3) is 0 Å². The van der Waals surface area contributed by atoms with Crippen LogP contribution in [0.15, 0.2) is 24.3 Å². The summed E-state index contributed by atoms with van der Waals surface area (Å²) in [4.78, 5) is 11.1. The maximum absolute atomic E-state index is 11.1. The van der Waals surface area contributed by atoms with Gasteiger partial charge in [0, 0.05) is 12.1 Å². The van der Waals surface area contributed by atoms with Crippen molar-refractivity contribution in [2.24, 2.45) is 0 Å². The fourth-order valence-corrected chi connectivity index (χ4v) is 1.23. The molecule has 0 unspecified atom stereocenters. The molecule has 0 atom stereocenters. The molecule has 0 radical (unpaired) electrons. The van der Waals surface area contributed by atoms with Crippen LogP contribution in [0.5, 0.6) is 0 Å². The van der Waals surface area contributed by atoms with Gasteiger partial charge in [-0.15, -0.1) is 0 Å². The summed E-state index contributed by atoms with van der Waals surface area (Å²) in [5.74, 6) is -0.171. The van der Waals surface area contributed by atoms with Crippen molar-refractivity contribution in [2.45, 2.75) is 19.8 Å². The normalized spacial score (nSPS) is 9.79. The number of para-hydroxylation sites is 1. The Morgan fingerprint density at radius 2 is 2.14 bits per heavy atom. The van der Waals surface area contributed by atoms with Crippen LogP contribution in [-0.4, -0.2) is 12.6 Å². The first kappa shape index (κ1) is 10.6. The highest BCUT2D eigenvalue weighted by Crippen LogP contribution is 2.12. The third kappa shape index (κ3) is 3.09. The van der Waals surface area contributed by atoms with Crippen molar-refractivity contribution in [2.75, 3.05) is 12.3 Å². The second kappa shape index (κ2) is 5.27. The van der Waals surface area contributed by atoms with Crippen LogP contribution in [0.1, 0.15) is 18.9 Å². The molecule has 0 aromatic heterocycles. The molecule has 3 nitrogen and oxygen atoms in total. The quantitative estimate of drug-likeness (QED) is 0.585. The molecule has 3 heteroatoms. The fourth-order valence-electron chi connectivity index (χ4n) is 1.23. The number of anilines is 1. The summed E-state index contributed by atoms with van der Waals surface area (Å²) in [6.45, 7) is 2.23. The summed E-state index contributed by atoms with van der Waals surface area (Å²) in [6, 6.07) is 7.55. The number of hydrogen-bond acceptors (Lipinski definition) is 3. The van der Waals surface area contributed by atoms with Gasteiger partial charge in [0.25, 0.3) is 0 Å². The zero-order valence-corrected chi connectivity index (χ0v) is 8.32. The molecule has 0 aliphatic carbocycles. The van der Waals surface area contributed by atoms with Crippen molar-refractivity contribution >= 4 is 11.7 Å². The lowest BCUT2D eigenvalue weighted by Gasteiger charge is -2.04. The Morgan fingerprint density at radius 3 is 2.79 bits per heavy atom. The van der Waals surface area contributed by atoms with Gasteiger partial charge < -0.3 is 10.5 Å². The molecule has 76 valence electrons. The Morgan fingerprint density at radius 1 is 1.43 bits per heavy atom. The second-order valence-electron chi connectivity index (χ2n) is 3.00. The minimum atomic E-state index is -0.171. The minimum Gasteiger partial charge on any atom is -0.466 e. The van der Waals surface area contributed by atoms with Crippen LogP contribution >= 0.6 is 0 Å². The molecule has 0 spiro atoms. The number of carbonyl (C=O) groups is 1. The predicted molar refractivity (Wildman–Crippen MR) is 55.8 cm³/mol. The van der Waals surface area contributed by atoms with Crippen LogP contribution in [0.3, 0.4) is 0 Å². The summed E-state index contributed by atoms with van der Waals surface area (Å²) in [5.41, 5.74) is 7.46. The zero-order chi connectivity index (χ0) is 10.4. The number of esters is 1. The van der Waals surface area contributed by atoms with Crippen LogP contribution < -0.4 is 5.73 Å². The van der Waals surface area contributed by atoms with Crippen molar-refractivity contribution in [3.05, 3.63) is 29.8 Å². The van der Waals surface area contributed by atoms with Crippen LogP contribution in [0.4, 0.5) is 5.69 Å². The number of carbonyl (C=O) groups excluding carboxylic acids is 1. The lowest BCUT2D eigenvalue weighted by atomic mass is 10.1. The first-order valence-electron chi connectivity index (χ1n) is 4.73. The molecule has 1 aromatic carbocycles. The van der Waals surface area contributed by atoms with Crippen molar-refractivity contribution in [3.63, 3.8) is 0 Å². The van der Waals surface area contributed by atoms with E-state index in [9.17, 15) is 4.79 Å². The highest BCUT2D eigenvalue weighted by molar-refractivity contribution is 5.70. The van der Waals surface area contributed by atoms with Crippen LogP contribution in [0.2, 0.25) is 0 Å². The van der Waals surface area contributed by atoms with E-state index in [0.717, 1.165) is 11.3 Å². The highest BCUT2D eigenvalue weighted by Gasteiger charge is 2.03. The van der Waals surface area contributed by atoms with Gasteiger partial charge in [0.05, 0.1) is 6.61 Å². The van der Waals surface area contributed by atoms with E-state index in [1.807, 2.05) is 24.3 Å². The van der Waals surface area contributed by atoms with Gasteiger partial charge in [-0.25, -0.2) is 0 Å². The van der Waals surface area contributed by atoms with E-state index in [0.29, 0.717) is 19.4 Å². The maximum atomic E-state index is 11.1. The largest absolute Gasteiger partial charge is 0.466 e. The Bertz CT molecular complexity index is 310. The van der Waals surface area contributed by atoms with Gasteiger partial charge in [-0.05, 0) is 25.0 Å². The molecule has 0 fully saturated rings. The average molecular weight is 193 g/mol. The first-order chi connectivity index (χ1) is 6.74. The van der Waals surface area contributed by atoms with Gasteiger partial charge in [0.1, 0.15) is 0 Å². The molecule has 0 aliphatic rings. The standard InChI is InChI=1S/C11H15NO2/c1-2-14-11(13)8-7-9-5-3-4-6-10(9)12/h3-6H,2,7-8,12H2,1H3. The van der Waals surface area contributed by atoms with Crippen molar-refractivity contribution in [1.82, 2.24) is 0 Å². The van der Waals surface area contributed by atoms with Crippen molar-refractivity contribution in [1.29, 1.82) is 0 Å². The van der Waals surface area contributed by atoms with Gasteiger partial charge in [0.15, 0.2) is 0 Å². The number of rotatable bonds is 4. The lowest BCUT2D eigenvalue weighted by molar-refractivity contribution is -0.143. The molecular formula is C11H15NO2. The van der Waals surface area contributed by atoms with Gasteiger partial charge in [-0.1, -0.05) is 18.2 Å². The molecule has 0 saturated heterocycles. The number of nitrogen functional groups attached to an aromatic ring is 1. The monoisotopic (exact) mass is 193 g/mol. The molecule has 2 N–H and O–H groups in total. The molecule has 0 heterocycles. The van der Waals surface area contributed by atoms with E-state index in [1.165, 1.54) is 0 Å². The van der Waals surface area contributed by atoms with Crippen LogP contribution in [0, 0.1) is 0 Å². The van der Waals surface area contributed by atoms with E-state index in [1.54, 1.807) is 6.92 Å². The summed E-state index contributed by atoms with van der Waals surface area (Å²) >= 11 is 0. The highest BCUT2D eigenvalue weighted by atomic mass is 16.5.